The molecule has 0 aliphatic carbocycles. The third-order valence-electron chi connectivity index (χ3n) is 15.0. The molecule has 8 rings (SSSR count). The molecule has 6 N–H and O–H groups in total. The van der Waals surface area contributed by atoms with E-state index in [4.69, 9.17) is 16.3 Å². The highest BCUT2D eigenvalue weighted by atomic mass is 35.5. The van der Waals surface area contributed by atoms with Gasteiger partial charge in [-0.3, -0.25) is 19.2 Å². The number of anilines is 1. The Labute approximate surface area is 469 Å². The summed E-state index contributed by atoms with van der Waals surface area (Å²) in [5.41, 5.74) is 0.689. The van der Waals surface area contributed by atoms with E-state index in [0.717, 1.165) is 60.5 Å². The molecule has 0 unspecified atom stereocenters. The Kier molecular flexibility index (Phi) is 19.7. The summed E-state index contributed by atoms with van der Waals surface area (Å²) in [5.74, 6) is 0.177. The van der Waals surface area contributed by atoms with Crippen molar-refractivity contribution in [3.05, 3.63) is 136 Å². The Bertz CT molecular complexity index is 3080. The minimum atomic E-state index is -4.52. The summed E-state index contributed by atoms with van der Waals surface area (Å²) in [7, 11) is 0. The zero-order valence-corrected chi connectivity index (χ0v) is 46.4. The van der Waals surface area contributed by atoms with Gasteiger partial charge in [0.25, 0.3) is 11.8 Å². The number of rotatable bonds is 22. The molecular formula is C60H72ClF3N10O6. The predicted molar refractivity (Wildman–Crippen MR) is 304 cm³/mol. The number of H-pyrrole nitrogens is 1. The lowest BCUT2D eigenvalue weighted by Crippen LogP contribution is -2.64. The summed E-state index contributed by atoms with van der Waals surface area (Å²) in [5, 5.41) is 17.3. The van der Waals surface area contributed by atoms with Gasteiger partial charge in [-0.05, 0) is 143 Å². The number of hydrogen-bond donors (Lipinski definition) is 6. The molecule has 2 aromatic heterocycles. The number of carbonyl (C=O) groups is 5. The van der Waals surface area contributed by atoms with Crippen molar-refractivity contribution in [2.75, 3.05) is 57.3 Å². The van der Waals surface area contributed by atoms with Crippen molar-refractivity contribution in [3.8, 4) is 0 Å². The van der Waals surface area contributed by atoms with Crippen LogP contribution < -0.4 is 31.5 Å². The van der Waals surface area contributed by atoms with Crippen molar-refractivity contribution < 1.29 is 41.9 Å². The highest BCUT2D eigenvalue weighted by molar-refractivity contribution is 6.30. The van der Waals surface area contributed by atoms with Crippen LogP contribution in [0.1, 0.15) is 141 Å². The molecule has 5 amide bonds. The molecule has 2 aliphatic heterocycles. The summed E-state index contributed by atoms with van der Waals surface area (Å²) in [4.78, 5) is 82.7. The molecule has 4 heterocycles. The number of carbonyl (C=O) groups excluding carboxylic acids is 5. The fourth-order valence-corrected chi connectivity index (χ4v) is 10.8. The second-order valence-electron chi connectivity index (χ2n) is 21.8. The third kappa shape index (κ3) is 15.6. The van der Waals surface area contributed by atoms with Crippen LogP contribution in [0.25, 0.3) is 21.8 Å². The number of hydrogen-bond acceptors (Lipinski definition) is 10. The molecule has 2 saturated heterocycles. The van der Waals surface area contributed by atoms with Crippen LogP contribution in [0.3, 0.4) is 0 Å². The maximum atomic E-state index is 14.5. The normalized spacial score (nSPS) is 15.3. The monoisotopic (exact) mass is 1120 g/mol. The average molecular weight is 1120 g/mol. The highest BCUT2D eigenvalue weighted by Gasteiger charge is 2.45. The Morgan fingerprint density at radius 1 is 0.762 bits per heavy atom. The van der Waals surface area contributed by atoms with Crippen LogP contribution in [0.2, 0.25) is 5.02 Å². The van der Waals surface area contributed by atoms with E-state index in [1.807, 2.05) is 48.7 Å². The van der Waals surface area contributed by atoms with Gasteiger partial charge in [0.2, 0.25) is 11.8 Å². The molecule has 426 valence electrons. The van der Waals surface area contributed by atoms with Crippen molar-refractivity contribution in [2.45, 2.75) is 121 Å². The van der Waals surface area contributed by atoms with Gasteiger partial charge in [0, 0.05) is 74.6 Å². The number of aromatic nitrogens is 3. The Morgan fingerprint density at radius 3 is 2.19 bits per heavy atom. The van der Waals surface area contributed by atoms with Gasteiger partial charge in [-0.25, -0.2) is 14.8 Å². The number of alkyl halides is 3. The standard InChI is InChI=1S/C60H72ClF3N10O6/c1-58(2,3)80-57(79)72-59(28-37-73(38-29-59)53-48-24-32-67-52(48)69-39-70-53)56(78)71-50(42-20-22-44(61)23-21-42)25-31-65-33-34-66-51(75)15-7-5-4-6-8-30-68-54(76)43-18-16-40(17-19-43)41-26-35-74(36-27-41)55(77)47-13-9-12-46-45(47)11-10-14-49(46)60(62,63)64/h9-14,16-24,32,39,41,50,65H,4-8,15,25-31,33-38H2,1-3H3,(H,66,75)(H,68,76)(H,71,78)(H,72,79)(H,67,69,70)/t50-/m0/s1. The fraction of sp³-hybridized carbons (Fsp3) is 0.450. The molecule has 20 heteroatoms. The molecule has 2 aliphatic rings. The SMILES string of the molecule is CC(C)(C)OC(=O)NC1(C(=O)N[C@@H](CCNCCNC(=O)CCCCCCCNC(=O)c2ccc(C3CCN(C(=O)c4cccc5c(C(F)(F)F)cccc45)CC3)cc2)c2ccc(Cl)cc2)CCN(c2ncnc3[nH]ccc23)CC1. The van der Waals surface area contributed by atoms with E-state index >= 15 is 0 Å². The van der Waals surface area contributed by atoms with E-state index in [1.165, 1.54) is 24.5 Å². The third-order valence-corrected chi connectivity index (χ3v) is 15.2. The van der Waals surface area contributed by atoms with Crippen LogP contribution in [-0.4, -0.2) is 113 Å². The molecule has 1 atom stereocenters. The molecule has 6 aromatic rings. The molecule has 0 bridgehead atoms. The van der Waals surface area contributed by atoms with Crippen molar-refractivity contribution in [3.63, 3.8) is 0 Å². The minimum Gasteiger partial charge on any atom is -0.444 e. The second-order valence-corrected chi connectivity index (χ2v) is 22.2. The number of alkyl carbamates (subject to hydrolysis) is 1. The molecule has 0 spiro atoms. The Hall–Kier alpha value is -7.25. The Balaban J connectivity index is 0.698. The number of fused-ring (bicyclic) bond motifs is 2. The molecular weight excluding hydrogens is 1050 g/mol. The number of ether oxygens (including phenoxy) is 1. The van der Waals surface area contributed by atoms with Crippen molar-refractivity contribution in [1.29, 1.82) is 0 Å². The first-order valence-corrected chi connectivity index (χ1v) is 28.1. The first-order valence-electron chi connectivity index (χ1n) is 27.7. The first-order chi connectivity index (χ1) is 38.4. The van der Waals surface area contributed by atoms with E-state index in [2.05, 4.69) is 46.4 Å². The summed E-state index contributed by atoms with van der Waals surface area (Å²) in [6.07, 6.45) is 5.39. The lowest BCUT2D eigenvalue weighted by molar-refractivity contribution is -0.136. The number of aromatic amines is 1. The van der Waals surface area contributed by atoms with Gasteiger partial charge in [-0.2, -0.15) is 13.2 Å². The average Bonchev–Trinajstić information content (AvgIpc) is 3.96. The number of nitrogens with zero attached hydrogens (tertiary/aromatic N) is 4. The number of nitrogens with one attached hydrogen (secondary N) is 6. The summed E-state index contributed by atoms with van der Waals surface area (Å²) in [6.45, 7) is 9.21. The topological polar surface area (TPSA) is 203 Å². The second kappa shape index (κ2) is 26.8. The van der Waals surface area contributed by atoms with E-state index in [9.17, 15) is 37.1 Å². The van der Waals surface area contributed by atoms with Gasteiger partial charge in [0.15, 0.2) is 0 Å². The zero-order valence-electron chi connectivity index (χ0n) is 45.7. The summed E-state index contributed by atoms with van der Waals surface area (Å²) >= 11 is 6.26. The molecule has 16 nitrogen and oxygen atoms in total. The zero-order chi connectivity index (χ0) is 56.9. The van der Waals surface area contributed by atoms with Crippen LogP contribution in [0.4, 0.5) is 23.8 Å². The van der Waals surface area contributed by atoms with E-state index in [1.54, 1.807) is 49.9 Å². The van der Waals surface area contributed by atoms with Crippen LogP contribution in [0.5, 0.6) is 0 Å². The quantitative estimate of drug-likeness (QED) is 0.0355. The van der Waals surface area contributed by atoms with Gasteiger partial charge < -0.3 is 46.1 Å². The number of benzene rings is 4. The van der Waals surface area contributed by atoms with Crippen LogP contribution in [-0.2, 0) is 20.5 Å². The lowest BCUT2D eigenvalue weighted by Gasteiger charge is -2.42. The van der Waals surface area contributed by atoms with Crippen LogP contribution >= 0.6 is 11.6 Å². The van der Waals surface area contributed by atoms with Gasteiger partial charge >= 0.3 is 12.3 Å². The summed E-state index contributed by atoms with van der Waals surface area (Å²) in [6, 6.07) is 24.8. The molecule has 0 saturated carbocycles. The number of piperidine rings is 2. The van der Waals surface area contributed by atoms with Gasteiger partial charge in [0.1, 0.15) is 28.9 Å². The number of halogens is 4. The van der Waals surface area contributed by atoms with Gasteiger partial charge in [-0.15, -0.1) is 0 Å². The molecule has 2 fully saturated rings. The Morgan fingerprint density at radius 2 is 1.46 bits per heavy atom. The largest absolute Gasteiger partial charge is 0.444 e. The summed E-state index contributed by atoms with van der Waals surface area (Å²) < 4.78 is 46.6. The van der Waals surface area contributed by atoms with Crippen molar-refractivity contribution in [1.82, 2.24) is 46.4 Å². The first kappa shape index (κ1) is 58.9. The van der Waals surface area contributed by atoms with Gasteiger partial charge in [-0.1, -0.05) is 79.4 Å². The van der Waals surface area contributed by atoms with Crippen LogP contribution in [0.15, 0.2) is 104 Å². The lowest BCUT2D eigenvalue weighted by atomic mass is 9.85. The smallest absolute Gasteiger partial charge is 0.417 e. The molecule has 0 radical (unpaired) electrons. The van der Waals surface area contributed by atoms with E-state index < -0.39 is 35.0 Å². The number of amides is 5. The van der Waals surface area contributed by atoms with Crippen molar-refractivity contribution >= 4 is 68.9 Å². The van der Waals surface area contributed by atoms with E-state index in [0.29, 0.717) is 113 Å². The highest BCUT2D eigenvalue weighted by Crippen LogP contribution is 2.37. The minimum absolute atomic E-state index is 0.0136. The molecule has 4 aromatic carbocycles. The fourth-order valence-electron chi connectivity index (χ4n) is 10.7. The maximum absolute atomic E-state index is 14.5. The van der Waals surface area contributed by atoms with Crippen LogP contribution in [0, 0.1) is 0 Å². The maximum Gasteiger partial charge on any atom is 0.417 e. The number of unbranched alkanes of at least 4 members (excludes halogenated alkanes) is 4. The number of likely N-dealkylation sites (tertiary alicyclic amines) is 1. The van der Waals surface area contributed by atoms with E-state index in [-0.39, 0.29) is 40.5 Å². The van der Waals surface area contributed by atoms with Gasteiger partial charge in [0.05, 0.1) is 17.0 Å². The predicted octanol–water partition coefficient (Wildman–Crippen LogP) is 10.4. The van der Waals surface area contributed by atoms with Crippen molar-refractivity contribution in [2.24, 2.45) is 0 Å². The molecule has 80 heavy (non-hydrogen) atoms.